The molecule has 2 rings (SSSR count). The average molecular weight is 246 g/mol. The number of ether oxygens (including phenoxy) is 1. The van der Waals surface area contributed by atoms with Gasteiger partial charge in [0.15, 0.2) is 0 Å². The number of hydrogen-bond donors (Lipinski definition) is 1. The van der Waals surface area contributed by atoms with E-state index in [1.54, 1.807) is 13.3 Å². The summed E-state index contributed by atoms with van der Waals surface area (Å²) in [5.41, 5.74) is 3.16. The van der Waals surface area contributed by atoms with Crippen molar-refractivity contribution in [1.29, 1.82) is 0 Å². The lowest BCUT2D eigenvalue weighted by Crippen LogP contribution is -2.20. The van der Waals surface area contributed by atoms with Crippen molar-refractivity contribution in [2.45, 2.75) is 13.0 Å². The van der Waals surface area contributed by atoms with E-state index in [1.807, 2.05) is 38.0 Å². The molecule has 1 unspecified atom stereocenters. The Morgan fingerprint density at radius 1 is 1.33 bits per heavy atom. The smallest absolute Gasteiger partial charge is 0.137 e. The van der Waals surface area contributed by atoms with E-state index in [0.717, 1.165) is 22.7 Å². The summed E-state index contributed by atoms with van der Waals surface area (Å²) >= 11 is 0. The summed E-state index contributed by atoms with van der Waals surface area (Å²) in [6.07, 6.45) is 3.54. The van der Waals surface area contributed by atoms with E-state index in [2.05, 4.69) is 21.5 Å². The lowest BCUT2D eigenvalue weighted by Gasteiger charge is -2.17. The Bertz CT molecular complexity index is 536. The van der Waals surface area contributed by atoms with Crippen molar-refractivity contribution in [3.05, 3.63) is 41.5 Å². The second kappa shape index (κ2) is 5.18. The summed E-state index contributed by atoms with van der Waals surface area (Å²) in [7, 11) is 5.51. The molecule has 0 radical (unpaired) electrons. The van der Waals surface area contributed by atoms with Crippen LogP contribution in [0.25, 0.3) is 0 Å². The van der Waals surface area contributed by atoms with Gasteiger partial charge in [-0.05, 0) is 31.7 Å². The molecular formula is C13H18N4O. The molecule has 0 spiro atoms. The molecule has 0 aliphatic heterocycles. The normalized spacial score (nSPS) is 12.4. The van der Waals surface area contributed by atoms with E-state index in [-0.39, 0.29) is 6.04 Å². The Hall–Kier alpha value is -1.88. The maximum Gasteiger partial charge on any atom is 0.137 e. The van der Waals surface area contributed by atoms with Crippen LogP contribution in [0.1, 0.15) is 23.0 Å². The van der Waals surface area contributed by atoms with Crippen molar-refractivity contribution >= 4 is 0 Å². The maximum atomic E-state index is 5.21. The Kier molecular flexibility index (Phi) is 3.62. The Morgan fingerprint density at radius 2 is 2.11 bits per heavy atom. The van der Waals surface area contributed by atoms with Crippen LogP contribution in [0.2, 0.25) is 0 Å². The van der Waals surface area contributed by atoms with Crippen LogP contribution in [-0.2, 0) is 7.05 Å². The fourth-order valence-electron chi connectivity index (χ4n) is 2.09. The number of nitrogens with zero attached hydrogens (tertiary/aromatic N) is 3. The highest BCUT2D eigenvalue weighted by Crippen LogP contribution is 2.24. The largest absolute Gasteiger partial charge is 0.495 e. The third-order valence-electron chi connectivity index (χ3n) is 2.93. The fraction of sp³-hybridized carbons (Fsp3) is 0.385. The van der Waals surface area contributed by atoms with Gasteiger partial charge in [-0.25, -0.2) is 0 Å². The molecule has 18 heavy (non-hydrogen) atoms. The van der Waals surface area contributed by atoms with Gasteiger partial charge in [0, 0.05) is 13.2 Å². The van der Waals surface area contributed by atoms with Crippen molar-refractivity contribution in [3.63, 3.8) is 0 Å². The zero-order chi connectivity index (χ0) is 13.1. The fourth-order valence-corrected chi connectivity index (χ4v) is 2.09. The zero-order valence-electron chi connectivity index (χ0n) is 11.1. The minimum Gasteiger partial charge on any atom is -0.495 e. The summed E-state index contributed by atoms with van der Waals surface area (Å²) in [5, 5.41) is 7.66. The molecule has 0 aromatic carbocycles. The van der Waals surface area contributed by atoms with Gasteiger partial charge in [0.25, 0.3) is 0 Å². The Balaban J connectivity index is 2.41. The SMILES string of the molecule is CNC(c1cncc(OC)c1)c1cc(C)nn1C. The van der Waals surface area contributed by atoms with Crippen LogP contribution in [0.5, 0.6) is 5.75 Å². The predicted molar refractivity (Wildman–Crippen MR) is 69.6 cm³/mol. The van der Waals surface area contributed by atoms with E-state index < -0.39 is 0 Å². The first-order chi connectivity index (χ1) is 8.65. The molecule has 0 fully saturated rings. The molecule has 2 aromatic rings. The van der Waals surface area contributed by atoms with Gasteiger partial charge >= 0.3 is 0 Å². The molecule has 96 valence electrons. The van der Waals surface area contributed by atoms with Gasteiger partial charge in [0.2, 0.25) is 0 Å². The third kappa shape index (κ3) is 2.36. The van der Waals surface area contributed by atoms with Crippen LogP contribution in [0.4, 0.5) is 0 Å². The third-order valence-corrected chi connectivity index (χ3v) is 2.93. The number of rotatable bonds is 4. The average Bonchev–Trinajstić information content (AvgIpc) is 2.70. The van der Waals surface area contributed by atoms with Gasteiger partial charge in [-0.15, -0.1) is 0 Å². The molecule has 0 saturated carbocycles. The van der Waals surface area contributed by atoms with Gasteiger partial charge in [-0.2, -0.15) is 5.10 Å². The van der Waals surface area contributed by atoms with Crippen LogP contribution in [0.15, 0.2) is 24.5 Å². The van der Waals surface area contributed by atoms with Crippen molar-refractivity contribution in [2.24, 2.45) is 7.05 Å². The Morgan fingerprint density at radius 3 is 2.67 bits per heavy atom. The molecule has 5 nitrogen and oxygen atoms in total. The standard InChI is InChI=1S/C13H18N4O/c1-9-5-12(17(3)16-9)13(14-2)10-6-11(18-4)8-15-7-10/h5-8,13-14H,1-4H3. The molecule has 0 amide bonds. The van der Waals surface area contributed by atoms with Crippen LogP contribution < -0.4 is 10.1 Å². The van der Waals surface area contributed by atoms with E-state index in [1.165, 1.54) is 0 Å². The monoisotopic (exact) mass is 246 g/mol. The molecule has 1 atom stereocenters. The van der Waals surface area contributed by atoms with Crippen LogP contribution >= 0.6 is 0 Å². The number of pyridine rings is 1. The summed E-state index contributed by atoms with van der Waals surface area (Å²) in [6.45, 7) is 1.99. The van der Waals surface area contributed by atoms with Crippen molar-refractivity contribution < 1.29 is 4.74 Å². The number of aromatic nitrogens is 3. The molecular weight excluding hydrogens is 228 g/mol. The molecule has 0 bridgehead atoms. The highest BCUT2D eigenvalue weighted by Gasteiger charge is 2.17. The van der Waals surface area contributed by atoms with Gasteiger partial charge in [-0.3, -0.25) is 9.67 Å². The van der Waals surface area contributed by atoms with Gasteiger partial charge in [0.1, 0.15) is 5.75 Å². The molecule has 2 aromatic heterocycles. The summed E-state index contributed by atoms with van der Waals surface area (Å²) in [4.78, 5) is 4.19. The molecule has 0 saturated heterocycles. The van der Waals surface area contributed by atoms with Gasteiger partial charge in [0.05, 0.1) is 30.7 Å². The first kappa shape index (κ1) is 12.6. The summed E-state index contributed by atoms with van der Waals surface area (Å²) in [5.74, 6) is 0.756. The summed E-state index contributed by atoms with van der Waals surface area (Å²) < 4.78 is 7.09. The summed E-state index contributed by atoms with van der Waals surface area (Å²) in [6, 6.07) is 4.11. The van der Waals surface area contributed by atoms with Crippen LogP contribution in [-0.4, -0.2) is 28.9 Å². The highest BCUT2D eigenvalue weighted by atomic mass is 16.5. The second-order valence-corrected chi connectivity index (χ2v) is 4.21. The minimum absolute atomic E-state index is 0.0544. The number of aryl methyl sites for hydroxylation is 2. The second-order valence-electron chi connectivity index (χ2n) is 4.21. The highest BCUT2D eigenvalue weighted by molar-refractivity contribution is 5.31. The molecule has 2 heterocycles. The topological polar surface area (TPSA) is 52.0 Å². The van der Waals surface area contributed by atoms with Crippen LogP contribution in [0.3, 0.4) is 0 Å². The Labute approximate surface area is 107 Å². The zero-order valence-corrected chi connectivity index (χ0v) is 11.1. The van der Waals surface area contributed by atoms with Gasteiger partial charge in [-0.1, -0.05) is 0 Å². The number of nitrogens with one attached hydrogen (secondary N) is 1. The lowest BCUT2D eigenvalue weighted by molar-refractivity contribution is 0.411. The number of methoxy groups -OCH3 is 1. The lowest BCUT2D eigenvalue weighted by atomic mass is 10.1. The van der Waals surface area contributed by atoms with E-state index in [0.29, 0.717) is 0 Å². The first-order valence-electron chi connectivity index (χ1n) is 5.82. The van der Waals surface area contributed by atoms with Gasteiger partial charge < -0.3 is 10.1 Å². The molecule has 5 heteroatoms. The van der Waals surface area contributed by atoms with E-state index >= 15 is 0 Å². The molecule has 0 aliphatic rings. The predicted octanol–water partition coefficient (Wildman–Crippen LogP) is 1.44. The van der Waals surface area contributed by atoms with E-state index in [9.17, 15) is 0 Å². The minimum atomic E-state index is 0.0544. The van der Waals surface area contributed by atoms with Crippen molar-refractivity contribution in [3.8, 4) is 5.75 Å². The molecule has 0 aliphatic carbocycles. The molecule has 1 N–H and O–H groups in total. The van der Waals surface area contributed by atoms with Crippen molar-refractivity contribution in [2.75, 3.05) is 14.2 Å². The van der Waals surface area contributed by atoms with E-state index in [4.69, 9.17) is 4.74 Å². The van der Waals surface area contributed by atoms with Crippen LogP contribution in [0, 0.1) is 6.92 Å². The first-order valence-corrected chi connectivity index (χ1v) is 5.82. The maximum absolute atomic E-state index is 5.21. The van der Waals surface area contributed by atoms with Crippen molar-refractivity contribution in [1.82, 2.24) is 20.1 Å². The number of hydrogen-bond acceptors (Lipinski definition) is 4. The quantitative estimate of drug-likeness (QED) is 0.887.